The zero-order chi connectivity index (χ0) is 18.7. The molecule has 1 N–H and O–H groups in total. The number of anilines is 1. The van der Waals surface area contributed by atoms with E-state index in [9.17, 15) is 9.59 Å². The van der Waals surface area contributed by atoms with Gasteiger partial charge in [-0.05, 0) is 58.1 Å². The minimum Gasteiger partial charge on any atom is -0.444 e. The van der Waals surface area contributed by atoms with Gasteiger partial charge in [-0.3, -0.25) is 10.1 Å². The average molecular weight is 352 g/mol. The summed E-state index contributed by atoms with van der Waals surface area (Å²) in [6.45, 7) is 5.38. The zero-order valence-corrected chi connectivity index (χ0v) is 15.5. The van der Waals surface area contributed by atoms with Crippen molar-refractivity contribution in [3.8, 4) is 0 Å². The molecule has 0 bridgehead atoms. The molecule has 0 unspecified atom stereocenters. The second-order valence-corrected chi connectivity index (χ2v) is 7.52. The second kappa shape index (κ2) is 7.28. The summed E-state index contributed by atoms with van der Waals surface area (Å²) in [6.07, 6.45) is 3.31. The number of nitrogens with zero attached hydrogens (tertiary/aromatic N) is 1. The van der Waals surface area contributed by atoms with Crippen LogP contribution in [0.2, 0.25) is 0 Å². The van der Waals surface area contributed by atoms with Gasteiger partial charge in [0.15, 0.2) is 5.78 Å². The third kappa shape index (κ3) is 4.28. The number of carbonyl (C=O) groups excluding carboxylic acids is 2. The summed E-state index contributed by atoms with van der Waals surface area (Å²) in [6, 6.07) is 10.9. The number of amides is 1. The van der Waals surface area contributed by atoms with Crippen molar-refractivity contribution in [2.24, 2.45) is 0 Å². The van der Waals surface area contributed by atoms with Crippen LogP contribution in [-0.2, 0) is 17.6 Å². The number of aryl methyl sites for hydroxylation is 2. The zero-order valence-electron chi connectivity index (χ0n) is 15.5. The van der Waals surface area contributed by atoms with Gasteiger partial charge in [0.2, 0.25) is 0 Å². The quantitative estimate of drug-likeness (QED) is 0.824. The lowest BCUT2D eigenvalue weighted by Gasteiger charge is -2.22. The van der Waals surface area contributed by atoms with Crippen LogP contribution in [0.25, 0.3) is 0 Å². The largest absolute Gasteiger partial charge is 0.444 e. The van der Waals surface area contributed by atoms with Gasteiger partial charge in [-0.25, -0.2) is 9.78 Å². The van der Waals surface area contributed by atoms with E-state index in [1.165, 1.54) is 0 Å². The molecule has 0 radical (unpaired) electrons. The first-order chi connectivity index (χ1) is 12.3. The Morgan fingerprint density at radius 2 is 1.77 bits per heavy atom. The Balaban J connectivity index is 1.98. The van der Waals surface area contributed by atoms with Crippen LogP contribution in [0, 0.1) is 0 Å². The fraction of sp³-hybridized carbons (Fsp3) is 0.381. The van der Waals surface area contributed by atoms with Gasteiger partial charge in [0.1, 0.15) is 11.4 Å². The predicted molar refractivity (Wildman–Crippen MR) is 101 cm³/mol. The van der Waals surface area contributed by atoms with Crippen molar-refractivity contribution in [1.82, 2.24) is 4.98 Å². The molecule has 1 heterocycles. The van der Waals surface area contributed by atoms with E-state index in [1.54, 1.807) is 32.9 Å². The first-order valence-corrected chi connectivity index (χ1v) is 8.96. The number of nitrogens with one attached hydrogen (secondary N) is 1. The molecule has 1 aliphatic rings. The maximum atomic E-state index is 13.0. The number of fused-ring (bicyclic) bond motifs is 1. The molecule has 136 valence electrons. The van der Waals surface area contributed by atoms with Gasteiger partial charge in [-0.15, -0.1) is 0 Å². The highest BCUT2D eigenvalue weighted by molar-refractivity contribution is 6.13. The Morgan fingerprint density at radius 3 is 2.46 bits per heavy atom. The summed E-state index contributed by atoms with van der Waals surface area (Å²) in [5.41, 5.74) is 2.39. The number of carbonyl (C=O) groups is 2. The number of ketones is 1. The molecule has 1 aromatic heterocycles. The normalized spacial score (nSPS) is 13.7. The number of hydrogen-bond acceptors (Lipinski definition) is 4. The van der Waals surface area contributed by atoms with Crippen LogP contribution in [-0.4, -0.2) is 22.5 Å². The number of aromatic nitrogens is 1. The number of pyridine rings is 1. The van der Waals surface area contributed by atoms with Crippen LogP contribution in [0.5, 0.6) is 0 Å². The maximum Gasteiger partial charge on any atom is 0.413 e. The Bertz CT molecular complexity index is 823. The smallest absolute Gasteiger partial charge is 0.413 e. The molecular formula is C21H24N2O3. The molecule has 26 heavy (non-hydrogen) atoms. The topological polar surface area (TPSA) is 68.3 Å². The summed E-state index contributed by atoms with van der Waals surface area (Å²) < 4.78 is 5.32. The summed E-state index contributed by atoms with van der Waals surface area (Å²) in [5.74, 6) is 0.117. The van der Waals surface area contributed by atoms with Crippen molar-refractivity contribution in [1.29, 1.82) is 0 Å². The van der Waals surface area contributed by atoms with E-state index >= 15 is 0 Å². The van der Waals surface area contributed by atoms with Gasteiger partial charge < -0.3 is 4.74 Å². The standard InChI is InChI=1S/C21H24N2O3/c1-21(2,3)26-20(25)23-19-16(18(24)14-9-5-4-6-10-14)13-15-11-7-8-12-17(15)22-19/h4-6,9-10,13H,7-8,11-12H2,1-3H3,(H,22,23,25). The lowest BCUT2D eigenvalue weighted by Crippen LogP contribution is -2.28. The van der Waals surface area contributed by atoms with Crippen molar-refractivity contribution >= 4 is 17.7 Å². The van der Waals surface area contributed by atoms with Gasteiger partial charge in [-0.2, -0.15) is 0 Å². The van der Waals surface area contributed by atoms with Crippen LogP contribution < -0.4 is 5.32 Å². The average Bonchev–Trinajstić information content (AvgIpc) is 2.59. The van der Waals surface area contributed by atoms with Gasteiger partial charge in [0, 0.05) is 11.3 Å². The molecule has 0 atom stereocenters. The summed E-state index contributed by atoms with van der Waals surface area (Å²) >= 11 is 0. The van der Waals surface area contributed by atoms with E-state index in [-0.39, 0.29) is 11.6 Å². The Hall–Kier alpha value is -2.69. The highest BCUT2D eigenvalue weighted by Gasteiger charge is 2.23. The second-order valence-electron chi connectivity index (χ2n) is 7.52. The monoisotopic (exact) mass is 352 g/mol. The molecule has 0 saturated heterocycles. The third-order valence-corrected chi connectivity index (χ3v) is 4.20. The summed E-state index contributed by atoms with van der Waals surface area (Å²) in [5, 5.41) is 2.67. The molecule has 3 rings (SSSR count). The molecule has 5 heteroatoms. The SMILES string of the molecule is CC(C)(C)OC(=O)Nc1nc2c(cc1C(=O)c1ccccc1)CCCC2. The van der Waals surface area contributed by atoms with Crippen LogP contribution in [0.4, 0.5) is 10.6 Å². The van der Waals surface area contributed by atoms with Gasteiger partial charge >= 0.3 is 6.09 Å². The lowest BCUT2D eigenvalue weighted by molar-refractivity contribution is 0.0635. The Labute approximate surface area is 153 Å². The highest BCUT2D eigenvalue weighted by Crippen LogP contribution is 2.27. The van der Waals surface area contributed by atoms with Crippen molar-refractivity contribution in [3.05, 3.63) is 58.8 Å². The molecule has 0 aliphatic heterocycles. The van der Waals surface area contributed by atoms with E-state index < -0.39 is 11.7 Å². The van der Waals surface area contributed by atoms with Crippen molar-refractivity contribution in [2.45, 2.75) is 52.1 Å². The summed E-state index contributed by atoms with van der Waals surface area (Å²) in [4.78, 5) is 29.8. The summed E-state index contributed by atoms with van der Waals surface area (Å²) in [7, 11) is 0. The molecule has 0 saturated carbocycles. The fourth-order valence-electron chi connectivity index (χ4n) is 3.05. The molecule has 5 nitrogen and oxygen atoms in total. The van der Waals surface area contributed by atoms with Crippen LogP contribution in [0.15, 0.2) is 36.4 Å². The molecular weight excluding hydrogens is 328 g/mol. The van der Waals surface area contributed by atoms with Crippen LogP contribution >= 0.6 is 0 Å². The molecule has 1 aromatic carbocycles. The predicted octanol–water partition coefficient (Wildman–Crippen LogP) is 4.54. The van der Waals surface area contributed by atoms with Gasteiger partial charge in [-0.1, -0.05) is 30.3 Å². The number of hydrogen-bond donors (Lipinski definition) is 1. The minimum atomic E-state index is -0.623. The van der Waals surface area contributed by atoms with E-state index in [0.717, 1.165) is 36.9 Å². The molecule has 1 amide bonds. The highest BCUT2D eigenvalue weighted by atomic mass is 16.6. The van der Waals surface area contributed by atoms with Crippen molar-refractivity contribution in [3.63, 3.8) is 0 Å². The van der Waals surface area contributed by atoms with E-state index in [1.807, 2.05) is 24.3 Å². The Kier molecular flexibility index (Phi) is 5.07. The van der Waals surface area contributed by atoms with Crippen molar-refractivity contribution < 1.29 is 14.3 Å². The molecule has 0 spiro atoms. The van der Waals surface area contributed by atoms with E-state index in [0.29, 0.717) is 11.1 Å². The molecule has 0 fully saturated rings. The first kappa shape index (κ1) is 18.1. The third-order valence-electron chi connectivity index (χ3n) is 4.20. The van der Waals surface area contributed by atoms with Gasteiger partial charge in [0.05, 0.1) is 5.56 Å². The van der Waals surface area contributed by atoms with E-state index in [4.69, 9.17) is 4.74 Å². The lowest BCUT2D eigenvalue weighted by atomic mass is 9.93. The first-order valence-electron chi connectivity index (χ1n) is 8.96. The minimum absolute atomic E-state index is 0.155. The van der Waals surface area contributed by atoms with Gasteiger partial charge in [0.25, 0.3) is 0 Å². The molecule has 2 aromatic rings. The number of benzene rings is 1. The number of ether oxygens (including phenoxy) is 1. The van der Waals surface area contributed by atoms with E-state index in [2.05, 4.69) is 10.3 Å². The Morgan fingerprint density at radius 1 is 1.08 bits per heavy atom. The van der Waals surface area contributed by atoms with Crippen LogP contribution in [0.3, 0.4) is 0 Å². The van der Waals surface area contributed by atoms with Crippen molar-refractivity contribution in [2.75, 3.05) is 5.32 Å². The maximum absolute atomic E-state index is 13.0. The number of rotatable bonds is 3. The molecule has 1 aliphatic carbocycles. The fourth-order valence-corrected chi connectivity index (χ4v) is 3.05. The van der Waals surface area contributed by atoms with Crippen LogP contribution in [0.1, 0.15) is 60.8 Å².